The third-order valence-electron chi connectivity index (χ3n) is 3.59. The van der Waals surface area contributed by atoms with Gasteiger partial charge in [-0.05, 0) is 37.9 Å². The van der Waals surface area contributed by atoms with Crippen LogP contribution in [0.1, 0.15) is 65.5 Å². The molecular formula is C23H42N4O3. The minimum absolute atomic E-state index is 0.0571. The predicted molar refractivity (Wildman–Crippen MR) is 126 cm³/mol. The molecule has 1 aromatic rings. The summed E-state index contributed by atoms with van der Waals surface area (Å²) in [5.41, 5.74) is 5.10. The number of amides is 1. The highest BCUT2D eigenvalue weighted by molar-refractivity contribution is 5.87. The number of hydrogen-bond donors (Lipinski definition) is 3. The maximum Gasteiger partial charge on any atom is 0.237 e. The Hall–Kier alpha value is -2.25. The van der Waals surface area contributed by atoms with E-state index >= 15 is 0 Å². The van der Waals surface area contributed by atoms with Crippen LogP contribution in [0.25, 0.3) is 0 Å². The summed E-state index contributed by atoms with van der Waals surface area (Å²) in [6.45, 7) is 12.6. The Balaban J connectivity index is 0. The van der Waals surface area contributed by atoms with Crippen LogP contribution in [0.3, 0.4) is 0 Å². The van der Waals surface area contributed by atoms with Gasteiger partial charge in [0.1, 0.15) is 13.0 Å². The van der Waals surface area contributed by atoms with Crippen LogP contribution in [0.4, 0.5) is 0 Å². The number of hydrogen-bond acceptors (Lipinski definition) is 6. The van der Waals surface area contributed by atoms with Crippen molar-refractivity contribution in [2.45, 2.75) is 73.3 Å². The lowest BCUT2D eigenvalue weighted by Gasteiger charge is -2.16. The van der Waals surface area contributed by atoms with E-state index in [0.717, 1.165) is 24.7 Å². The zero-order valence-electron chi connectivity index (χ0n) is 19.9. The number of carbonyl (C=O) groups excluding carboxylic acids is 2. The Kier molecular flexibility index (Phi) is 21.4. The van der Waals surface area contributed by atoms with Gasteiger partial charge in [-0.2, -0.15) is 0 Å². The fourth-order valence-corrected chi connectivity index (χ4v) is 2.34. The van der Waals surface area contributed by atoms with Gasteiger partial charge in [0, 0.05) is 0 Å². The quantitative estimate of drug-likeness (QED) is 0.558. The van der Waals surface area contributed by atoms with Crippen molar-refractivity contribution < 1.29 is 14.4 Å². The van der Waals surface area contributed by atoms with Crippen molar-refractivity contribution >= 4 is 18.1 Å². The molecule has 1 aromatic carbocycles. The first-order valence-electron chi connectivity index (χ1n) is 10.9. The fraction of sp³-hybridized carbons (Fsp3) is 0.609. The molecule has 172 valence electrons. The number of hydroxylamine groups is 1. The first-order valence-corrected chi connectivity index (χ1v) is 10.9. The molecule has 1 aliphatic heterocycles. The summed E-state index contributed by atoms with van der Waals surface area (Å²) in [6, 6.07) is 8.19. The standard InChI is InChI=1S/C16H24N4O2.C3H8.C2H4O.C2H6/c1-3-4-12-5-7-13(8-6-12)9-14(17-2)16(21)18-10-15-19-11-20-22-15;1-3-2;1-2-3;1-2/h5-8,14,17,20H,3-4,9-11H2,1-2H3,(H,18,21);3H2,1-2H3;2H,1H3;1-2H3. The van der Waals surface area contributed by atoms with Crippen LogP contribution in [-0.4, -0.2) is 44.4 Å². The average Bonchev–Trinajstić information content (AvgIpc) is 3.28. The molecule has 0 radical (unpaired) electrons. The molecule has 1 amide bonds. The second-order valence-corrected chi connectivity index (χ2v) is 6.23. The van der Waals surface area contributed by atoms with Gasteiger partial charge in [0.2, 0.25) is 11.8 Å². The number of likely N-dealkylation sites (N-methyl/N-ethyl adjacent to an activating group) is 1. The van der Waals surface area contributed by atoms with E-state index in [-0.39, 0.29) is 11.9 Å². The van der Waals surface area contributed by atoms with Crippen molar-refractivity contribution in [2.24, 2.45) is 4.99 Å². The Labute approximate surface area is 183 Å². The topological polar surface area (TPSA) is 91.8 Å². The van der Waals surface area contributed by atoms with Crippen molar-refractivity contribution in [3.8, 4) is 0 Å². The fourth-order valence-electron chi connectivity index (χ4n) is 2.34. The van der Waals surface area contributed by atoms with Crippen LogP contribution >= 0.6 is 0 Å². The Bertz CT molecular complexity index is 574. The van der Waals surface area contributed by atoms with E-state index in [1.807, 2.05) is 13.8 Å². The van der Waals surface area contributed by atoms with E-state index in [2.05, 4.69) is 66.1 Å². The zero-order valence-corrected chi connectivity index (χ0v) is 19.9. The summed E-state index contributed by atoms with van der Waals surface area (Å²) in [7, 11) is 1.79. The van der Waals surface area contributed by atoms with Crippen molar-refractivity contribution in [2.75, 3.05) is 20.3 Å². The number of aldehydes is 1. The van der Waals surface area contributed by atoms with Crippen LogP contribution in [0.5, 0.6) is 0 Å². The summed E-state index contributed by atoms with van der Waals surface area (Å²) < 4.78 is 0. The Morgan fingerprint density at radius 3 is 2.17 bits per heavy atom. The van der Waals surface area contributed by atoms with Crippen LogP contribution < -0.4 is 16.1 Å². The number of carbonyl (C=O) groups is 2. The van der Waals surface area contributed by atoms with E-state index < -0.39 is 0 Å². The predicted octanol–water partition coefficient (Wildman–Crippen LogP) is 3.42. The lowest BCUT2D eigenvalue weighted by Crippen LogP contribution is -2.45. The van der Waals surface area contributed by atoms with Crippen LogP contribution in [0.15, 0.2) is 29.3 Å². The highest BCUT2D eigenvalue weighted by Gasteiger charge is 2.18. The molecule has 0 saturated heterocycles. The maximum absolute atomic E-state index is 12.2. The minimum atomic E-state index is -0.271. The molecule has 7 heteroatoms. The first kappa shape index (κ1) is 29.9. The van der Waals surface area contributed by atoms with E-state index in [1.54, 1.807) is 7.05 Å². The largest absolute Gasteiger partial charge is 0.390 e. The molecule has 0 aliphatic carbocycles. The normalized spacial score (nSPS) is 12.3. The molecule has 7 nitrogen and oxygen atoms in total. The molecule has 3 N–H and O–H groups in total. The highest BCUT2D eigenvalue weighted by Crippen LogP contribution is 2.09. The van der Waals surface area contributed by atoms with Gasteiger partial charge in [-0.3, -0.25) is 4.79 Å². The van der Waals surface area contributed by atoms with Crippen molar-refractivity contribution in [3.05, 3.63) is 35.4 Å². The smallest absolute Gasteiger partial charge is 0.237 e. The first-order chi connectivity index (χ1) is 14.6. The van der Waals surface area contributed by atoms with E-state index in [4.69, 9.17) is 9.63 Å². The van der Waals surface area contributed by atoms with Crippen LogP contribution in [0, 0.1) is 0 Å². The minimum Gasteiger partial charge on any atom is -0.390 e. The Morgan fingerprint density at radius 1 is 1.20 bits per heavy atom. The van der Waals surface area contributed by atoms with Gasteiger partial charge < -0.3 is 20.3 Å². The SMILES string of the molecule is CC.CC=O.CCC.CCCc1ccc(CC(NC)C(=O)NCC2=NCNO2)cc1. The molecule has 0 spiro atoms. The molecule has 0 aromatic heterocycles. The molecule has 0 fully saturated rings. The molecule has 2 rings (SSSR count). The number of nitrogens with one attached hydrogen (secondary N) is 3. The molecule has 0 bridgehead atoms. The second kappa shape index (κ2) is 21.5. The third kappa shape index (κ3) is 14.7. The van der Waals surface area contributed by atoms with Gasteiger partial charge >= 0.3 is 0 Å². The molecule has 0 saturated carbocycles. The number of rotatable bonds is 8. The second-order valence-electron chi connectivity index (χ2n) is 6.23. The number of nitrogens with zero attached hydrogens (tertiary/aromatic N) is 1. The highest BCUT2D eigenvalue weighted by atomic mass is 16.7. The van der Waals surface area contributed by atoms with Gasteiger partial charge in [-0.25, -0.2) is 4.99 Å². The van der Waals surface area contributed by atoms with Gasteiger partial charge in [0.25, 0.3) is 0 Å². The van der Waals surface area contributed by atoms with Gasteiger partial charge in [-0.15, -0.1) is 5.48 Å². The number of benzene rings is 1. The molecular weight excluding hydrogens is 380 g/mol. The molecule has 1 aliphatic rings. The summed E-state index contributed by atoms with van der Waals surface area (Å²) in [5.74, 6) is 0.449. The third-order valence-corrected chi connectivity index (χ3v) is 3.59. The zero-order chi connectivity index (χ0) is 23.2. The van der Waals surface area contributed by atoms with Crippen LogP contribution in [0.2, 0.25) is 0 Å². The monoisotopic (exact) mass is 422 g/mol. The summed E-state index contributed by atoms with van der Waals surface area (Å²) >= 11 is 0. The summed E-state index contributed by atoms with van der Waals surface area (Å²) in [6.07, 6.45) is 4.88. The number of aliphatic imine (C=N–C) groups is 1. The summed E-state index contributed by atoms with van der Waals surface area (Å²) in [4.78, 5) is 30.1. The number of aryl methyl sites for hydroxylation is 1. The summed E-state index contributed by atoms with van der Waals surface area (Å²) in [5, 5.41) is 5.89. The molecule has 1 unspecified atom stereocenters. The molecule has 1 heterocycles. The lowest BCUT2D eigenvalue weighted by molar-refractivity contribution is -0.122. The van der Waals surface area contributed by atoms with Gasteiger partial charge in [-0.1, -0.05) is 71.7 Å². The van der Waals surface area contributed by atoms with E-state index in [0.29, 0.717) is 25.5 Å². The Morgan fingerprint density at radius 2 is 1.73 bits per heavy atom. The van der Waals surface area contributed by atoms with Crippen molar-refractivity contribution in [1.82, 2.24) is 16.1 Å². The molecule has 30 heavy (non-hydrogen) atoms. The van der Waals surface area contributed by atoms with Crippen molar-refractivity contribution in [3.63, 3.8) is 0 Å². The molecule has 1 atom stereocenters. The van der Waals surface area contributed by atoms with E-state index in [9.17, 15) is 4.79 Å². The van der Waals surface area contributed by atoms with Gasteiger partial charge in [0.15, 0.2) is 0 Å². The van der Waals surface area contributed by atoms with E-state index in [1.165, 1.54) is 18.9 Å². The van der Waals surface area contributed by atoms with Crippen LogP contribution in [-0.2, 0) is 27.3 Å². The average molecular weight is 423 g/mol. The van der Waals surface area contributed by atoms with Gasteiger partial charge in [0.05, 0.1) is 12.6 Å². The lowest BCUT2D eigenvalue weighted by atomic mass is 10.0. The maximum atomic E-state index is 12.2. The van der Waals surface area contributed by atoms with Crippen molar-refractivity contribution in [1.29, 1.82) is 0 Å².